The second-order valence-electron chi connectivity index (χ2n) is 4.62. The minimum absolute atomic E-state index is 0. The van der Waals surface area contributed by atoms with E-state index >= 15 is 0 Å². The van der Waals surface area contributed by atoms with Crippen LogP contribution >= 0.6 is 12.4 Å². The molecule has 0 spiro atoms. The number of β-amino-alcohol motifs (C(OH)–C–C–N with tert-alkyl or cyclic N) is 1. The summed E-state index contributed by atoms with van der Waals surface area (Å²) in [6.07, 6.45) is -0.387. The van der Waals surface area contributed by atoms with Crippen LogP contribution in [0.1, 0.15) is 17.3 Å². The number of carbonyl (C=O) groups is 1. The third-order valence-corrected chi connectivity index (χ3v) is 3.26. The number of amides is 1. The normalized spacial score (nSPS) is 21.1. The first-order chi connectivity index (χ1) is 9.22. The van der Waals surface area contributed by atoms with E-state index in [1.54, 1.807) is 12.1 Å². The predicted octanol–water partition coefficient (Wildman–Crippen LogP) is 0.817. The van der Waals surface area contributed by atoms with E-state index < -0.39 is 0 Å². The maximum absolute atomic E-state index is 12.1. The topological polar surface area (TPSA) is 70.6 Å². The molecule has 5 nitrogen and oxygen atoms in total. The molecule has 1 amide bonds. The molecule has 1 aliphatic heterocycles. The van der Waals surface area contributed by atoms with Crippen LogP contribution in [0.2, 0.25) is 0 Å². The van der Waals surface area contributed by atoms with Crippen molar-refractivity contribution in [2.45, 2.75) is 13.0 Å². The second kappa shape index (κ2) is 8.09. The summed E-state index contributed by atoms with van der Waals surface area (Å²) in [7, 11) is 0. The van der Waals surface area contributed by atoms with Gasteiger partial charge in [-0.3, -0.25) is 4.79 Å². The third kappa shape index (κ3) is 4.10. The Bertz CT molecular complexity index is 442. The van der Waals surface area contributed by atoms with Crippen LogP contribution in [0.4, 0.5) is 0 Å². The lowest BCUT2D eigenvalue weighted by molar-refractivity contribution is 0.0923. The summed E-state index contributed by atoms with van der Waals surface area (Å²) in [4.78, 5) is 12.1. The molecule has 2 unspecified atom stereocenters. The molecule has 1 aromatic rings. The van der Waals surface area contributed by atoms with Crippen molar-refractivity contribution < 1.29 is 14.6 Å². The summed E-state index contributed by atoms with van der Waals surface area (Å²) >= 11 is 0. The largest absolute Gasteiger partial charge is 0.493 e. The highest BCUT2D eigenvalue weighted by Crippen LogP contribution is 2.18. The molecule has 0 aromatic heterocycles. The molecule has 1 aliphatic rings. The van der Waals surface area contributed by atoms with Crippen molar-refractivity contribution in [3.8, 4) is 5.75 Å². The van der Waals surface area contributed by atoms with Gasteiger partial charge in [0.05, 0.1) is 18.3 Å². The van der Waals surface area contributed by atoms with E-state index in [9.17, 15) is 9.90 Å². The van der Waals surface area contributed by atoms with E-state index in [1.165, 1.54) is 0 Å². The van der Waals surface area contributed by atoms with Gasteiger partial charge in [0.1, 0.15) is 5.75 Å². The van der Waals surface area contributed by atoms with Gasteiger partial charge in [0.15, 0.2) is 0 Å². The predicted molar refractivity (Wildman–Crippen MR) is 79.6 cm³/mol. The molecule has 2 rings (SSSR count). The fourth-order valence-corrected chi connectivity index (χ4v) is 2.18. The fourth-order valence-electron chi connectivity index (χ4n) is 2.18. The van der Waals surface area contributed by atoms with Crippen molar-refractivity contribution in [1.29, 1.82) is 0 Å². The smallest absolute Gasteiger partial charge is 0.255 e. The molecule has 0 radical (unpaired) electrons. The molecule has 2 atom stereocenters. The highest BCUT2D eigenvalue weighted by Gasteiger charge is 2.25. The fraction of sp³-hybridized carbons (Fsp3) is 0.500. The minimum atomic E-state index is -0.387. The van der Waals surface area contributed by atoms with Crippen LogP contribution in [0, 0.1) is 5.92 Å². The molecule has 3 N–H and O–H groups in total. The summed E-state index contributed by atoms with van der Waals surface area (Å²) in [5.41, 5.74) is 0.532. The van der Waals surface area contributed by atoms with Crippen LogP contribution in [0.3, 0.4) is 0 Å². The molecule has 0 aliphatic carbocycles. The van der Waals surface area contributed by atoms with Gasteiger partial charge in [0.2, 0.25) is 0 Å². The Hall–Kier alpha value is -1.30. The Morgan fingerprint density at radius 3 is 2.85 bits per heavy atom. The average molecular weight is 301 g/mol. The lowest BCUT2D eigenvalue weighted by Crippen LogP contribution is -2.34. The van der Waals surface area contributed by atoms with Crippen LogP contribution in [0.5, 0.6) is 5.75 Å². The van der Waals surface area contributed by atoms with Gasteiger partial charge in [-0.1, -0.05) is 12.1 Å². The van der Waals surface area contributed by atoms with Crippen LogP contribution in [0.15, 0.2) is 24.3 Å². The summed E-state index contributed by atoms with van der Waals surface area (Å²) in [5, 5.41) is 15.6. The summed E-state index contributed by atoms with van der Waals surface area (Å²) in [6, 6.07) is 7.17. The molecule has 1 aromatic carbocycles. The van der Waals surface area contributed by atoms with Crippen LogP contribution in [-0.2, 0) is 0 Å². The van der Waals surface area contributed by atoms with Gasteiger partial charge in [-0.15, -0.1) is 12.4 Å². The monoisotopic (exact) mass is 300 g/mol. The second-order valence-corrected chi connectivity index (χ2v) is 4.62. The first-order valence-corrected chi connectivity index (χ1v) is 6.61. The van der Waals surface area contributed by atoms with Crippen molar-refractivity contribution in [3.05, 3.63) is 29.8 Å². The average Bonchev–Trinajstić information content (AvgIpc) is 2.82. The summed E-state index contributed by atoms with van der Waals surface area (Å²) in [5.74, 6) is 0.499. The Balaban J connectivity index is 0.00000200. The first-order valence-electron chi connectivity index (χ1n) is 6.61. The van der Waals surface area contributed by atoms with Crippen LogP contribution in [-0.4, -0.2) is 43.4 Å². The zero-order valence-electron chi connectivity index (χ0n) is 11.5. The molecule has 112 valence electrons. The van der Waals surface area contributed by atoms with Gasteiger partial charge in [-0.2, -0.15) is 0 Å². The Morgan fingerprint density at radius 2 is 2.20 bits per heavy atom. The van der Waals surface area contributed by atoms with Gasteiger partial charge in [-0.05, 0) is 19.1 Å². The number of rotatable bonds is 5. The molecule has 6 heteroatoms. The lowest BCUT2D eigenvalue weighted by Gasteiger charge is -2.15. The van der Waals surface area contributed by atoms with Crippen molar-refractivity contribution in [2.75, 3.05) is 26.2 Å². The number of aliphatic hydroxyl groups is 1. The highest BCUT2D eigenvalue weighted by atomic mass is 35.5. The molecule has 1 heterocycles. The number of hydrogen-bond donors (Lipinski definition) is 3. The number of carbonyl (C=O) groups excluding carboxylic acids is 1. The van der Waals surface area contributed by atoms with Gasteiger partial charge in [0, 0.05) is 25.6 Å². The van der Waals surface area contributed by atoms with E-state index in [2.05, 4.69) is 10.6 Å². The van der Waals surface area contributed by atoms with Crippen molar-refractivity contribution >= 4 is 18.3 Å². The molecule has 0 bridgehead atoms. The van der Waals surface area contributed by atoms with Crippen LogP contribution < -0.4 is 15.4 Å². The van der Waals surface area contributed by atoms with Gasteiger partial charge >= 0.3 is 0 Å². The Labute approximate surface area is 125 Å². The van der Waals surface area contributed by atoms with E-state index in [4.69, 9.17) is 4.74 Å². The maximum Gasteiger partial charge on any atom is 0.255 e. The van der Waals surface area contributed by atoms with Gasteiger partial charge in [0.25, 0.3) is 5.91 Å². The SMILES string of the molecule is CCOc1ccccc1C(=O)NCC1CNCC1O.Cl. The first kappa shape index (κ1) is 16.8. The van der Waals surface area contributed by atoms with E-state index in [1.807, 2.05) is 19.1 Å². The van der Waals surface area contributed by atoms with E-state index in [0.717, 1.165) is 6.54 Å². The van der Waals surface area contributed by atoms with Gasteiger partial charge < -0.3 is 20.5 Å². The molecule has 1 saturated heterocycles. The molecule has 0 saturated carbocycles. The number of nitrogens with one attached hydrogen (secondary N) is 2. The highest BCUT2D eigenvalue weighted by molar-refractivity contribution is 5.96. The van der Waals surface area contributed by atoms with Crippen molar-refractivity contribution in [2.24, 2.45) is 5.92 Å². The number of aliphatic hydroxyl groups excluding tert-OH is 1. The number of benzene rings is 1. The number of hydrogen-bond acceptors (Lipinski definition) is 4. The molecular weight excluding hydrogens is 280 g/mol. The molecule has 20 heavy (non-hydrogen) atoms. The molecule has 1 fully saturated rings. The lowest BCUT2D eigenvalue weighted by atomic mass is 10.1. The molecular formula is C14H21ClN2O3. The van der Waals surface area contributed by atoms with Crippen LogP contribution in [0.25, 0.3) is 0 Å². The standard InChI is InChI=1S/C14H20N2O3.ClH/c1-2-19-13-6-4-3-5-11(13)14(18)16-8-10-7-15-9-12(10)17;/h3-6,10,12,15,17H,2,7-9H2,1H3,(H,16,18);1H. The quantitative estimate of drug-likeness (QED) is 0.753. The minimum Gasteiger partial charge on any atom is -0.493 e. The Kier molecular flexibility index (Phi) is 6.78. The van der Waals surface area contributed by atoms with Gasteiger partial charge in [-0.25, -0.2) is 0 Å². The van der Waals surface area contributed by atoms with E-state index in [0.29, 0.717) is 31.0 Å². The zero-order valence-corrected chi connectivity index (χ0v) is 12.3. The van der Waals surface area contributed by atoms with Crippen molar-refractivity contribution in [3.63, 3.8) is 0 Å². The number of halogens is 1. The van der Waals surface area contributed by atoms with Crippen molar-refractivity contribution in [1.82, 2.24) is 10.6 Å². The number of para-hydroxylation sites is 1. The summed E-state index contributed by atoms with van der Waals surface area (Å²) < 4.78 is 5.43. The zero-order chi connectivity index (χ0) is 13.7. The third-order valence-electron chi connectivity index (χ3n) is 3.26. The number of ether oxygens (including phenoxy) is 1. The van der Waals surface area contributed by atoms with E-state index in [-0.39, 0.29) is 30.3 Å². The maximum atomic E-state index is 12.1. The Morgan fingerprint density at radius 1 is 1.45 bits per heavy atom. The summed E-state index contributed by atoms with van der Waals surface area (Å²) in [6.45, 7) is 4.20.